The number of rotatable bonds is 6. The van der Waals surface area contributed by atoms with Gasteiger partial charge in [-0.2, -0.15) is 0 Å². The Morgan fingerprint density at radius 1 is 1.19 bits per heavy atom. The van der Waals surface area contributed by atoms with Gasteiger partial charge in [-0.05, 0) is 29.9 Å². The van der Waals surface area contributed by atoms with Gasteiger partial charge in [-0.15, -0.1) is 0 Å². The quantitative estimate of drug-likeness (QED) is 0.693. The molecule has 0 fully saturated rings. The predicted molar refractivity (Wildman–Crippen MR) is 66.0 cm³/mol. The molecule has 1 nitrogen and oxygen atoms in total. The minimum Gasteiger partial charge on any atom is -0.261 e. The van der Waals surface area contributed by atoms with E-state index in [9.17, 15) is 4.39 Å². The molecule has 90 valence electrons. The third kappa shape index (κ3) is 3.29. The second-order valence-corrected chi connectivity index (χ2v) is 4.81. The van der Waals surface area contributed by atoms with Crippen molar-refractivity contribution in [2.24, 2.45) is 0 Å². The number of unbranched alkanes of at least 4 members (excludes halogenated alkanes) is 1. The molecule has 16 heavy (non-hydrogen) atoms. The van der Waals surface area contributed by atoms with Crippen LogP contribution in [0.4, 0.5) is 4.39 Å². The van der Waals surface area contributed by atoms with Gasteiger partial charge in [0, 0.05) is 6.20 Å². The molecule has 0 bridgehead atoms. The molecule has 0 aliphatic heterocycles. The standard InChI is InChI=1S/C14H22FN/c1-4-6-8-14(3,7-5-2)12-9-13(15)11-16-10-12/h9-11H,4-8H2,1-3H3. The zero-order valence-electron chi connectivity index (χ0n) is 10.6. The molecule has 1 heterocycles. The van der Waals surface area contributed by atoms with Gasteiger partial charge < -0.3 is 0 Å². The van der Waals surface area contributed by atoms with Crippen LogP contribution in [0.3, 0.4) is 0 Å². The summed E-state index contributed by atoms with van der Waals surface area (Å²) in [5.41, 5.74) is 1.13. The van der Waals surface area contributed by atoms with Gasteiger partial charge in [-0.25, -0.2) is 4.39 Å². The van der Waals surface area contributed by atoms with E-state index in [-0.39, 0.29) is 11.2 Å². The Morgan fingerprint density at radius 2 is 1.94 bits per heavy atom. The van der Waals surface area contributed by atoms with Gasteiger partial charge in [0.1, 0.15) is 5.82 Å². The van der Waals surface area contributed by atoms with Crippen molar-refractivity contribution in [3.63, 3.8) is 0 Å². The van der Waals surface area contributed by atoms with E-state index in [0.29, 0.717) is 0 Å². The minimum atomic E-state index is -0.226. The molecule has 0 aliphatic rings. The molecule has 1 rings (SSSR count). The highest BCUT2D eigenvalue weighted by Crippen LogP contribution is 2.34. The lowest BCUT2D eigenvalue weighted by molar-refractivity contribution is 0.379. The average molecular weight is 223 g/mol. The van der Waals surface area contributed by atoms with E-state index in [1.807, 2.05) is 6.20 Å². The van der Waals surface area contributed by atoms with Crippen LogP contribution in [-0.4, -0.2) is 4.98 Å². The maximum atomic E-state index is 13.2. The first-order valence-electron chi connectivity index (χ1n) is 6.23. The Bertz CT molecular complexity index is 324. The summed E-state index contributed by atoms with van der Waals surface area (Å²) in [6.07, 6.45) is 8.79. The number of aromatic nitrogens is 1. The van der Waals surface area contributed by atoms with Crippen LogP contribution >= 0.6 is 0 Å². The van der Waals surface area contributed by atoms with E-state index < -0.39 is 0 Å². The Hall–Kier alpha value is -0.920. The molecule has 0 saturated heterocycles. The Balaban J connectivity index is 2.91. The molecule has 1 unspecified atom stereocenters. The fourth-order valence-electron chi connectivity index (χ4n) is 2.27. The highest BCUT2D eigenvalue weighted by Gasteiger charge is 2.25. The van der Waals surface area contributed by atoms with Crippen LogP contribution in [0.15, 0.2) is 18.5 Å². The number of hydrogen-bond acceptors (Lipinski definition) is 1. The first kappa shape index (κ1) is 13.1. The summed E-state index contributed by atoms with van der Waals surface area (Å²) in [5, 5.41) is 0. The molecule has 2 heteroatoms. The van der Waals surface area contributed by atoms with Gasteiger partial charge in [0.15, 0.2) is 0 Å². The molecule has 0 aliphatic carbocycles. The van der Waals surface area contributed by atoms with Gasteiger partial charge >= 0.3 is 0 Å². The van der Waals surface area contributed by atoms with E-state index in [2.05, 4.69) is 25.8 Å². The smallest absolute Gasteiger partial charge is 0.141 e. The van der Waals surface area contributed by atoms with E-state index in [1.165, 1.54) is 19.0 Å². The van der Waals surface area contributed by atoms with Crippen molar-refractivity contribution in [1.29, 1.82) is 0 Å². The molecule has 1 aromatic heterocycles. The van der Waals surface area contributed by atoms with E-state index in [1.54, 1.807) is 6.07 Å². The lowest BCUT2D eigenvalue weighted by atomic mass is 9.75. The largest absolute Gasteiger partial charge is 0.261 e. The van der Waals surface area contributed by atoms with E-state index in [0.717, 1.165) is 24.8 Å². The molecule has 1 aromatic rings. The first-order chi connectivity index (χ1) is 7.62. The van der Waals surface area contributed by atoms with Crippen molar-refractivity contribution in [3.05, 3.63) is 29.8 Å². The van der Waals surface area contributed by atoms with Crippen molar-refractivity contribution in [2.75, 3.05) is 0 Å². The van der Waals surface area contributed by atoms with Crippen LogP contribution in [0.5, 0.6) is 0 Å². The van der Waals surface area contributed by atoms with Gasteiger partial charge in [0.2, 0.25) is 0 Å². The molecule has 0 N–H and O–H groups in total. The second-order valence-electron chi connectivity index (χ2n) is 4.81. The Morgan fingerprint density at radius 3 is 2.50 bits per heavy atom. The molecular weight excluding hydrogens is 201 g/mol. The zero-order chi connectivity index (χ0) is 12.0. The minimum absolute atomic E-state index is 0.0832. The van der Waals surface area contributed by atoms with Crippen LogP contribution in [0.2, 0.25) is 0 Å². The second kappa shape index (κ2) is 5.97. The summed E-state index contributed by atoms with van der Waals surface area (Å²) in [7, 11) is 0. The normalized spacial score (nSPS) is 14.8. The van der Waals surface area contributed by atoms with Gasteiger partial charge in [-0.1, -0.05) is 40.0 Å². The summed E-state index contributed by atoms with van der Waals surface area (Å²) >= 11 is 0. The Kier molecular flexibility index (Phi) is 4.91. The summed E-state index contributed by atoms with van der Waals surface area (Å²) < 4.78 is 13.2. The molecule has 1 atom stereocenters. The summed E-state index contributed by atoms with van der Waals surface area (Å²) in [5.74, 6) is -0.226. The monoisotopic (exact) mass is 223 g/mol. The summed E-state index contributed by atoms with van der Waals surface area (Å²) in [4.78, 5) is 3.97. The predicted octanol–water partition coefficient (Wildman–Crippen LogP) is 4.47. The molecule has 0 saturated carbocycles. The summed E-state index contributed by atoms with van der Waals surface area (Å²) in [6.45, 7) is 6.59. The molecule has 0 spiro atoms. The van der Waals surface area contributed by atoms with Crippen LogP contribution < -0.4 is 0 Å². The fraction of sp³-hybridized carbons (Fsp3) is 0.643. The number of nitrogens with zero attached hydrogens (tertiary/aromatic N) is 1. The molecule has 0 radical (unpaired) electrons. The summed E-state index contributed by atoms with van der Waals surface area (Å²) in [6, 6.07) is 1.64. The van der Waals surface area contributed by atoms with Crippen LogP contribution in [-0.2, 0) is 5.41 Å². The van der Waals surface area contributed by atoms with Crippen LogP contribution in [0.25, 0.3) is 0 Å². The maximum absolute atomic E-state index is 13.2. The molecular formula is C14H22FN. The van der Waals surface area contributed by atoms with E-state index in [4.69, 9.17) is 0 Å². The lowest BCUT2D eigenvalue weighted by Gasteiger charge is -2.29. The van der Waals surface area contributed by atoms with E-state index >= 15 is 0 Å². The van der Waals surface area contributed by atoms with Crippen LogP contribution in [0, 0.1) is 5.82 Å². The number of hydrogen-bond donors (Lipinski definition) is 0. The van der Waals surface area contributed by atoms with Crippen molar-refractivity contribution in [2.45, 2.75) is 58.3 Å². The van der Waals surface area contributed by atoms with Crippen molar-refractivity contribution >= 4 is 0 Å². The highest BCUT2D eigenvalue weighted by molar-refractivity contribution is 5.21. The topological polar surface area (TPSA) is 12.9 Å². The Labute approximate surface area is 98.1 Å². The SMILES string of the molecule is CCCCC(C)(CCC)c1cncc(F)c1. The number of halogens is 1. The van der Waals surface area contributed by atoms with Gasteiger partial charge in [0.05, 0.1) is 6.20 Å². The molecule has 0 aromatic carbocycles. The fourth-order valence-corrected chi connectivity index (χ4v) is 2.27. The average Bonchev–Trinajstić information content (AvgIpc) is 2.27. The maximum Gasteiger partial charge on any atom is 0.141 e. The van der Waals surface area contributed by atoms with Crippen LogP contribution in [0.1, 0.15) is 58.4 Å². The lowest BCUT2D eigenvalue weighted by Crippen LogP contribution is -2.22. The van der Waals surface area contributed by atoms with Gasteiger partial charge in [-0.3, -0.25) is 4.98 Å². The third-order valence-corrected chi connectivity index (χ3v) is 3.29. The van der Waals surface area contributed by atoms with Crippen molar-refractivity contribution in [3.8, 4) is 0 Å². The van der Waals surface area contributed by atoms with Crippen molar-refractivity contribution < 1.29 is 4.39 Å². The first-order valence-corrected chi connectivity index (χ1v) is 6.23. The molecule has 0 amide bonds. The highest BCUT2D eigenvalue weighted by atomic mass is 19.1. The number of pyridine rings is 1. The van der Waals surface area contributed by atoms with Gasteiger partial charge in [0.25, 0.3) is 0 Å². The third-order valence-electron chi connectivity index (χ3n) is 3.29. The zero-order valence-corrected chi connectivity index (χ0v) is 10.6. The van der Waals surface area contributed by atoms with Crippen molar-refractivity contribution in [1.82, 2.24) is 4.98 Å².